The molecule has 2 N–H and O–H groups in total. The van der Waals surface area contributed by atoms with Gasteiger partial charge in [0.1, 0.15) is 11.8 Å². The maximum Gasteiger partial charge on any atom is 0.202 e. The summed E-state index contributed by atoms with van der Waals surface area (Å²) in [5, 5.41) is 20.9. The second kappa shape index (κ2) is 4.84. The molecule has 23 heavy (non-hydrogen) atoms. The lowest BCUT2D eigenvalue weighted by molar-refractivity contribution is 0.405. The van der Waals surface area contributed by atoms with Crippen LogP contribution < -0.4 is 5.43 Å². The highest BCUT2D eigenvalue weighted by Gasteiger charge is 2.14. The van der Waals surface area contributed by atoms with Crippen LogP contribution in [-0.4, -0.2) is 15.2 Å². The summed E-state index contributed by atoms with van der Waals surface area (Å²) in [5.41, 5.74) is 1.04. The van der Waals surface area contributed by atoms with Crippen molar-refractivity contribution < 1.29 is 14.6 Å². The average molecular weight is 305 g/mol. The lowest BCUT2D eigenvalue weighted by Gasteiger charge is -2.06. The fraction of sp³-hybridized carbons (Fsp3) is 0. The Hall–Kier alpha value is -3.34. The van der Waals surface area contributed by atoms with Crippen molar-refractivity contribution in [3.63, 3.8) is 0 Å². The molecule has 0 atom stereocenters. The molecule has 5 nitrogen and oxygen atoms in total. The van der Waals surface area contributed by atoms with Crippen LogP contribution in [0, 0.1) is 0 Å². The summed E-state index contributed by atoms with van der Waals surface area (Å²) in [6.07, 6.45) is 2.99. The number of pyridine rings is 1. The van der Waals surface area contributed by atoms with Gasteiger partial charge >= 0.3 is 0 Å². The zero-order valence-electron chi connectivity index (χ0n) is 11.9. The molecule has 0 spiro atoms. The van der Waals surface area contributed by atoms with E-state index in [2.05, 4.69) is 4.98 Å². The summed E-state index contributed by atoms with van der Waals surface area (Å²) in [6, 6.07) is 11.5. The van der Waals surface area contributed by atoms with E-state index in [1.54, 1.807) is 36.5 Å². The Morgan fingerprint density at radius 2 is 1.83 bits per heavy atom. The lowest BCUT2D eigenvalue weighted by atomic mass is 10.0. The quantitative estimate of drug-likeness (QED) is 0.416. The molecule has 0 aliphatic heterocycles. The number of phenolic OH excluding ortho intramolecular Hbond substituents is 2. The van der Waals surface area contributed by atoms with Crippen molar-refractivity contribution in [1.82, 2.24) is 4.98 Å². The number of hydrogen-bond acceptors (Lipinski definition) is 5. The summed E-state index contributed by atoms with van der Waals surface area (Å²) in [7, 11) is 0. The molecule has 112 valence electrons. The Labute approximate surface area is 130 Å². The van der Waals surface area contributed by atoms with Crippen LogP contribution in [-0.2, 0) is 0 Å². The Kier molecular flexibility index (Phi) is 2.81. The zero-order valence-corrected chi connectivity index (χ0v) is 11.9. The standard InChI is InChI=1S/C18H11NO4/c20-14-7-10-4-5-16-17(11(10)8-15(14)21)18(22)12(9-23-16)13-3-1-2-6-19-13/h1-9,20-21H. The molecule has 0 saturated heterocycles. The Morgan fingerprint density at radius 3 is 2.61 bits per heavy atom. The molecule has 0 aliphatic carbocycles. The van der Waals surface area contributed by atoms with E-state index in [4.69, 9.17) is 4.42 Å². The third kappa shape index (κ3) is 2.02. The second-order valence-corrected chi connectivity index (χ2v) is 5.19. The van der Waals surface area contributed by atoms with E-state index in [0.717, 1.165) is 0 Å². The van der Waals surface area contributed by atoms with Crippen LogP contribution in [0.2, 0.25) is 0 Å². The average Bonchev–Trinajstić information content (AvgIpc) is 2.57. The van der Waals surface area contributed by atoms with Gasteiger partial charge in [0.15, 0.2) is 11.5 Å². The molecule has 5 heteroatoms. The Morgan fingerprint density at radius 1 is 1.00 bits per heavy atom. The topological polar surface area (TPSA) is 83.6 Å². The van der Waals surface area contributed by atoms with Gasteiger partial charge in [0.05, 0.1) is 16.6 Å². The van der Waals surface area contributed by atoms with Crippen LogP contribution in [0.5, 0.6) is 11.5 Å². The van der Waals surface area contributed by atoms with E-state index in [1.807, 2.05) is 0 Å². The number of hydrogen-bond donors (Lipinski definition) is 2. The number of fused-ring (bicyclic) bond motifs is 3. The van der Waals surface area contributed by atoms with E-state index in [0.29, 0.717) is 33.0 Å². The first-order valence-electron chi connectivity index (χ1n) is 6.97. The van der Waals surface area contributed by atoms with Crippen LogP contribution in [0.25, 0.3) is 33.0 Å². The third-order valence-corrected chi connectivity index (χ3v) is 3.79. The Balaban J connectivity index is 2.15. The molecule has 0 saturated carbocycles. The van der Waals surface area contributed by atoms with Crippen molar-refractivity contribution in [3.05, 3.63) is 65.1 Å². The molecule has 2 aromatic carbocycles. The van der Waals surface area contributed by atoms with Crippen LogP contribution >= 0.6 is 0 Å². The van der Waals surface area contributed by atoms with Gasteiger partial charge in [-0.2, -0.15) is 0 Å². The molecule has 0 amide bonds. The SMILES string of the molecule is O=c1c(-c2ccccn2)coc2ccc3cc(O)c(O)cc3c12. The van der Waals surface area contributed by atoms with Crippen molar-refractivity contribution in [2.75, 3.05) is 0 Å². The number of aromatic hydroxyl groups is 2. The molecule has 0 bridgehead atoms. The highest BCUT2D eigenvalue weighted by molar-refractivity contribution is 6.07. The van der Waals surface area contributed by atoms with Crippen molar-refractivity contribution in [2.45, 2.75) is 0 Å². The van der Waals surface area contributed by atoms with Gasteiger partial charge in [-0.15, -0.1) is 0 Å². The first-order chi connectivity index (χ1) is 11.1. The summed E-state index contributed by atoms with van der Waals surface area (Å²) < 4.78 is 5.57. The van der Waals surface area contributed by atoms with Crippen molar-refractivity contribution >= 4 is 21.7 Å². The van der Waals surface area contributed by atoms with E-state index in [9.17, 15) is 15.0 Å². The molecular formula is C18H11NO4. The van der Waals surface area contributed by atoms with Crippen molar-refractivity contribution in [2.24, 2.45) is 0 Å². The first kappa shape index (κ1) is 13.3. The maximum absolute atomic E-state index is 12.9. The molecular weight excluding hydrogens is 294 g/mol. The third-order valence-electron chi connectivity index (χ3n) is 3.79. The van der Waals surface area contributed by atoms with Crippen LogP contribution in [0.1, 0.15) is 0 Å². The van der Waals surface area contributed by atoms with Crippen molar-refractivity contribution in [1.29, 1.82) is 0 Å². The molecule has 2 aromatic heterocycles. The van der Waals surface area contributed by atoms with E-state index >= 15 is 0 Å². The summed E-state index contributed by atoms with van der Waals surface area (Å²) in [6.45, 7) is 0. The summed E-state index contributed by atoms with van der Waals surface area (Å²) in [5.74, 6) is -0.519. The number of benzene rings is 2. The Bertz CT molecular complexity index is 1100. The second-order valence-electron chi connectivity index (χ2n) is 5.19. The largest absolute Gasteiger partial charge is 0.504 e. The number of phenols is 2. The fourth-order valence-corrected chi connectivity index (χ4v) is 2.67. The lowest BCUT2D eigenvalue weighted by Crippen LogP contribution is -2.06. The molecule has 0 aliphatic rings. The normalized spacial score (nSPS) is 11.1. The van der Waals surface area contributed by atoms with E-state index in [1.165, 1.54) is 18.4 Å². The van der Waals surface area contributed by atoms with Gasteiger partial charge in [-0.3, -0.25) is 9.78 Å². The van der Waals surface area contributed by atoms with Gasteiger partial charge in [0, 0.05) is 11.6 Å². The highest BCUT2D eigenvalue weighted by atomic mass is 16.3. The maximum atomic E-state index is 12.9. The van der Waals surface area contributed by atoms with Crippen LogP contribution in [0.3, 0.4) is 0 Å². The van der Waals surface area contributed by atoms with E-state index < -0.39 is 0 Å². The molecule has 4 aromatic rings. The smallest absolute Gasteiger partial charge is 0.202 e. The van der Waals surface area contributed by atoms with Gasteiger partial charge in [0.2, 0.25) is 5.43 Å². The predicted octanol–water partition coefficient (Wildman–Crippen LogP) is 3.42. The zero-order chi connectivity index (χ0) is 16.0. The van der Waals surface area contributed by atoms with Crippen LogP contribution in [0.15, 0.2) is 64.1 Å². The number of rotatable bonds is 1. The van der Waals surface area contributed by atoms with Crippen LogP contribution in [0.4, 0.5) is 0 Å². The fourth-order valence-electron chi connectivity index (χ4n) is 2.67. The first-order valence-corrected chi connectivity index (χ1v) is 6.97. The predicted molar refractivity (Wildman–Crippen MR) is 86.6 cm³/mol. The summed E-state index contributed by atoms with van der Waals surface area (Å²) in [4.78, 5) is 17.1. The van der Waals surface area contributed by atoms with Gasteiger partial charge in [-0.25, -0.2) is 0 Å². The number of aromatic nitrogens is 1. The molecule has 0 fully saturated rings. The molecule has 2 heterocycles. The number of nitrogens with zero attached hydrogens (tertiary/aromatic N) is 1. The molecule has 4 rings (SSSR count). The van der Waals surface area contributed by atoms with Crippen molar-refractivity contribution in [3.8, 4) is 22.8 Å². The van der Waals surface area contributed by atoms with Gasteiger partial charge in [-0.05, 0) is 35.7 Å². The van der Waals surface area contributed by atoms with E-state index in [-0.39, 0.29) is 16.9 Å². The monoisotopic (exact) mass is 305 g/mol. The summed E-state index contributed by atoms with van der Waals surface area (Å²) >= 11 is 0. The minimum atomic E-state index is -0.285. The molecule has 0 radical (unpaired) electrons. The highest BCUT2D eigenvalue weighted by Crippen LogP contribution is 2.33. The van der Waals surface area contributed by atoms with Gasteiger partial charge < -0.3 is 14.6 Å². The van der Waals surface area contributed by atoms with Gasteiger partial charge in [-0.1, -0.05) is 12.1 Å². The minimum absolute atomic E-state index is 0.234. The minimum Gasteiger partial charge on any atom is -0.504 e. The molecule has 0 unspecified atom stereocenters. The van der Waals surface area contributed by atoms with Gasteiger partial charge in [0.25, 0.3) is 0 Å².